The van der Waals surface area contributed by atoms with Gasteiger partial charge in [-0.2, -0.15) is 0 Å². The van der Waals surface area contributed by atoms with Crippen molar-refractivity contribution in [3.05, 3.63) is 0 Å². The van der Waals surface area contributed by atoms with Crippen molar-refractivity contribution in [2.24, 2.45) is 0 Å². The molecule has 0 bridgehead atoms. The first kappa shape index (κ1) is 26.2. The molecular formula is C22H45NO4. The van der Waals surface area contributed by atoms with Crippen LogP contribution in [0.4, 0.5) is 4.79 Å². The van der Waals surface area contributed by atoms with E-state index in [9.17, 15) is 9.90 Å². The third kappa shape index (κ3) is 17.0. The molecular weight excluding hydrogens is 342 g/mol. The van der Waals surface area contributed by atoms with Crippen LogP contribution >= 0.6 is 0 Å². The van der Waals surface area contributed by atoms with Gasteiger partial charge < -0.3 is 19.5 Å². The molecule has 0 rings (SSSR count). The van der Waals surface area contributed by atoms with E-state index in [0.717, 1.165) is 38.9 Å². The summed E-state index contributed by atoms with van der Waals surface area (Å²) < 4.78 is 10.3. The van der Waals surface area contributed by atoms with E-state index in [1.54, 1.807) is 0 Å². The van der Waals surface area contributed by atoms with Crippen molar-refractivity contribution in [1.29, 1.82) is 0 Å². The second-order valence-corrected chi connectivity index (χ2v) is 7.37. The van der Waals surface area contributed by atoms with Crippen LogP contribution in [0.25, 0.3) is 0 Å². The number of carbonyl (C=O) groups excluding carboxylic acids is 1. The molecule has 0 spiro atoms. The zero-order valence-corrected chi connectivity index (χ0v) is 18.2. The molecule has 0 aliphatic carbocycles. The predicted octanol–water partition coefficient (Wildman–Crippen LogP) is 5.54. The van der Waals surface area contributed by atoms with Gasteiger partial charge in [0.1, 0.15) is 6.10 Å². The molecule has 0 aromatic carbocycles. The third-order valence-electron chi connectivity index (χ3n) is 5.08. The van der Waals surface area contributed by atoms with Gasteiger partial charge in [-0.25, -0.2) is 4.79 Å². The third-order valence-corrected chi connectivity index (χ3v) is 5.08. The molecule has 0 radical (unpaired) electrons. The summed E-state index contributed by atoms with van der Waals surface area (Å²) in [4.78, 5) is 14.0. The van der Waals surface area contributed by atoms with Gasteiger partial charge in [-0.05, 0) is 32.4 Å². The minimum Gasteiger partial charge on any atom is -0.434 e. The van der Waals surface area contributed by atoms with Gasteiger partial charge in [-0.15, -0.1) is 0 Å². The van der Waals surface area contributed by atoms with Crippen molar-refractivity contribution in [3.8, 4) is 0 Å². The topological polar surface area (TPSA) is 59.0 Å². The van der Waals surface area contributed by atoms with Crippen molar-refractivity contribution in [2.45, 2.75) is 104 Å². The van der Waals surface area contributed by atoms with Gasteiger partial charge >= 0.3 is 6.16 Å². The van der Waals surface area contributed by atoms with Crippen molar-refractivity contribution < 1.29 is 19.4 Å². The van der Waals surface area contributed by atoms with Crippen molar-refractivity contribution >= 4 is 6.16 Å². The highest BCUT2D eigenvalue weighted by atomic mass is 16.7. The number of rotatable bonds is 19. The molecule has 5 heteroatoms. The van der Waals surface area contributed by atoms with Crippen LogP contribution in [0, 0.1) is 0 Å². The maximum atomic E-state index is 11.7. The van der Waals surface area contributed by atoms with Crippen LogP contribution < -0.4 is 0 Å². The van der Waals surface area contributed by atoms with Crippen molar-refractivity contribution in [3.63, 3.8) is 0 Å². The molecule has 1 atom stereocenters. The smallest absolute Gasteiger partial charge is 0.434 e. The van der Waals surface area contributed by atoms with Gasteiger partial charge in [-0.1, -0.05) is 78.6 Å². The van der Waals surface area contributed by atoms with E-state index in [2.05, 4.69) is 25.7 Å². The fourth-order valence-electron chi connectivity index (χ4n) is 3.20. The zero-order valence-electron chi connectivity index (χ0n) is 18.2. The first-order valence-corrected chi connectivity index (χ1v) is 11.3. The number of aliphatic hydroxyl groups is 1. The molecule has 0 fully saturated rings. The maximum absolute atomic E-state index is 11.7. The summed E-state index contributed by atoms with van der Waals surface area (Å²) in [6.07, 6.45) is 13.1. The lowest BCUT2D eigenvalue weighted by Crippen LogP contribution is -2.26. The molecule has 0 saturated carbocycles. The molecule has 0 aliphatic heterocycles. The number of aliphatic hydroxyl groups excluding tert-OH is 1. The summed E-state index contributed by atoms with van der Waals surface area (Å²) >= 11 is 0. The normalized spacial score (nSPS) is 12.3. The molecule has 0 heterocycles. The first-order chi connectivity index (χ1) is 13.2. The van der Waals surface area contributed by atoms with Crippen LogP contribution in [0.1, 0.15) is 97.8 Å². The van der Waals surface area contributed by atoms with E-state index in [0.29, 0.717) is 13.0 Å². The summed E-state index contributed by atoms with van der Waals surface area (Å²) in [5.74, 6) is 0. The Balaban J connectivity index is 3.58. The fourth-order valence-corrected chi connectivity index (χ4v) is 3.20. The van der Waals surface area contributed by atoms with E-state index in [1.165, 1.54) is 51.4 Å². The monoisotopic (exact) mass is 387 g/mol. The molecule has 5 nitrogen and oxygen atoms in total. The SMILES string of the molecule is CCCCCCCCCCCC[C@@H](CO)OC(=O)OCCCN(CC)CC. The number of hydrogen-bond donors (Lipinski definition) is 1. The highest BCUT2D eigenvalue weighted by Crippen LogP contribution is 2.13. The lowest BCUT2D eigenvalue weighted by molar-refractivity contribution is -0.00209. The average molecular weight is 388 g/mol. The average Bonchev–Trinajstić information content (AvgIpc) is 2.68. The van der Waals surface area contributed by atoms with E-state index < -0.39 is 12.3 Å². The Labute approximate surface area is 167 Å². The number of unbranched alkanes of at least 4 members (excludes halogenated alkanes) is 9. The van der Waals surface area contributed by atoms with Crippen LogP contribution in [0.15, 0.2) is 0 Å². The standard InChI is InChI=1S/C22H45NO4/c1-4-7-8-9-10-11-12-13-14-15-17-21(20-24)27-22(25)26-19-16-18-23(5-2)6-3/h21,24H,4-20H2,1-3H3/t21-/m0/s1. The number of carbonyl (C=O) groups is 1. The number of ether oxygens (including phenoxy) is 2. The Morgan fingerprint density at radius 1 is 0.852 bits per heavy atom. The number of nitrogens with zero attached hydrogens (tertiary/aromatic N) is 1. The Morgan fingerprint density at radius 2 is 1.41 bits per heavy atom. The van der Waals surface area contributed by atoms with Crippen LogP contribution in [0.2, 0.25) is 0 Å². The van der Waals surface area contributed by atoms with Gasteiger partial charge in [0.05, 0.1) is 13.2 Å². The second-order valence-electron chi connectivity index (χ2n) is 7.37. The summed E-state index contributed by atoms with van der Waals surface area (Å²) in [6.45, 7) is 9.66. The summed E-state index contributed by atoms with van der Waals surface area (Å²) in [7, 11) is 0. The number of hydrogen-bond acceptors (Lipinski definition) is 5. The zero-order chi connectivity index (χ0) is 20.2. The Bertz CT molecular complexity index is 321. The van der Waals surface area contributed by atoms with E-state index >= 15 is 0 Å². The van der Waals surface area contributed by atoms with Crippen LogP contribution in [-0.2, 0) is 9.47 Å². The molecule has 0 aliphatic rings. The molecule has 0 saturated heterocycles. The maximum Gasteiger partial charge on any atom is 0.508 e. The molecule has 0 aromatic heterocycles. The van der Waals surface area contributed by atoms with Gasteiger partial charge in [0.15, 0.2) is 0 Å². The summed E-state index contributed by atoms with van der Waals surface area (Å²) in [6, 6.07) is 0. The van der Waals surface area contributed by atoms with Crippen LogP contribution in [-0.4, -0.2) is 55.1 Å². The lowest BCUT2D eigenvalue weighted by Gasteiger charge is -2.18. The van der Waals surface area contributed by atoms with Crippen LogP contribution in [0.5, 0.6) is 0 Å². The van der Waals surface area contributed by atoms with Gasteiger partial charge in [0.2, 0.25) is 0 Å². The Hall–Kier alpha value is -0.810. The molecule has 162 valence electrons. The Kier molecular flexibility index (Phi) is 19.3. The molecule has 0 unspecified atom stereocenters. The molecule has 1 N–H and O–H groups in total. The van der Waals surface area contributed by atoms with Crippen molar-refractivity contribution in [1.82, 2.24) is 4.90 Å². The van der Waals surface area contributed by atoms with Gasteiger partial charge in [-0.3, -0.25) is 0 Å². The summed E-state index contributed by atoms with van der Waals surface area (Å²) in [5, 5.41) is 9.39. The van der Waals surface area contributed by atoms with E-state index in [1.807, 2.05) is 0 Å². The highest BCUT2D eigenvalue weighted by molar-refractivity contribution is 5.60. The van der Waals surface area contributed by atoms with E-state index in [4.69, 9.17) is 9.47 Å². The molecule has 0 amide bonds. The highest BCUT2D eigenvalue weighted by Gasteiger charge is 2.14. The van der Waals surface area contributed by atoms with Crippen molar-refractivity contribution in [2.75, 3.05) is 32.8 Å². The van der Waals surface area contributed by atoms with Gasteiger partial charge in [0.25, 0.3) is 0 Å². The molecule has 27 heavy (non-hydrogen) atoms. The lowest BCUT2D eigenvalue weighted by atomic mass is 10.0. The molecule has 0 aromatic rings. The second kappa shape index (κ2) is 19.9. The fraction of sp³-hybridized carbons (Fsp3) is 0.955. The quantitative estimate of drug-likeness (QED) is 0.233. The minimum atomic E-state index is -0.652. The van der Waals surface area contributed by atoms with Crippen LogP contribution in [0.3, 0.4) is 0 Å². The first-order valence-electron chi connectivity index (χ1n) is 11.3. The largest absolute Gasteiger partial charge is 0.508 e. The predicted molar refractivity (Wildman–Crippen MR) is 112 cm³/mol. The van der Waals surface area contributed by atoms with Gasteiger partial charge in [0, 0.05) is 6.54 Å². The Morgan fingerprint density at radius 3 is 1.93 bits per heavy atom. The van der Waals surface area contributed by atoms with E-state index in [-0.39, 0.29) is 6.61 Å². The minimum absolute atomic E-state index is 0.133. The summed E-state index contributed by atoms with van der Waals surface area (Å²) in [5.41, 5.74) is 0.